The van der Waals surface area contributed by atoms with Crippen LogP contribution in [-0.4, -0.2) is 48.3 Å². The first-order chi connectivity index (χ1) is 7.63. The molecule has 2 aliphatic rings. The second-order valence-electron chi connectivity index (χ2n) is 6.00. The van der Waals surface area contributed by atoms with Crippen molar-refractivity contribution in [3.8, 4) is 0 Å². The van der Waals surface area contributed by atoms with Crippen molar-refractivity contribution in [2.24, 2.45) is 11.8 Å². The predicted octanol–water partition coefficient (Wildman–Crippen LogP) is 1.08. The minimum atomic E-state index is -0.196. The first-order valence-corrected chi connectivity index (χ1v) is 6.77. The molecule has 16 heavy (non-hydrogen) atoms. The molecule has 0 amide bonds. The van der Waals surface area contributed by atoms with Gasteiger partial charge in [-0.1, -0.05) is 13.8 Å². The van der Waals surface area contributed by atoms with Crippen LogP contribution >= 0.6 is 0 Å². The Bertz CT molecular complexity index is 208. The lowest BCUT2D eigenvalue weighted by Crippen LogP contribution is -2.45. The zero-order valence-corrected chi connectivity index (χ0v) is 10.7. The van der Waals surface area contributed by atoms with Gasteiger partial charge in [-0.3, -0.25) is 0 Å². The van der Waals surface area contributed by atoms with Gasteiger partial charge in [0.1, 0.15) is 0 Å². The van der Waals surface area contributed by atoms with E-state index in [2.05, 4.69) is 24.1 Å². The molecule has 0 bridgehead atoms. The largest absolute Gasteiger partial charge is 0.390 e. The van der Waals surface area contributed by atoms with Gasteiger partial charge in [0.15, 0.2) is 0 Å². The third kappa shape index (κ3) is 4.04. The molecule has 1 saturated carbocycles. The number of β-amino-alcohol motifs (C(OH)–C–C–N with tert-alkyl or cyclic N) is 1. The first-order valence-electron chi connectivity index (χ1n) is 6.77. The highest BCUT2D eigenvalue weighted by Gasteiger charge is 2.25. The molecule has 1 heterocycles. The summed E-state index contributed by atoms with van der Waals surface area (Å²) in [4.78, 5) is 2.43. The van der Waals surface area contributed by atoms with Gasteiger partial charge >= 0.3 is 0 Å². The molecule has 0 spiro atoms. The van der Waals surface area contributed by atoms with Gasteiger partial charge in [0.25, 0.3) is 0 Å². The van der Waals surface area contributed by atoms with Crippen LogP contribution in [-0.2, 0) is 0 Å². The summed E-state index contributed by atoms with van der Waals surface area (Å²) in [6.07, 6.45) is 3.74. The highest BCUT2D eigenvalue weighted by molar-refractivity contribution is 4.83. The molecule has 0 radical (unpaired) electrons. The summed E-state index contributed by atoms with van der Waals surface area (Å²) in [6, 6.07) is 0.703. The molecule has 1 saturated heterocycles. The second kappa shape index (κ2) is 5.48. The van der Waals surface area contributed by atoms with Crippen LogP contribution in [0.3, 0.4) is 0 Å². The van der Waals surface area contributed by atoms with Crippen molar-refractivity contribution in [2.45, 2.75) is 45.3 Å². The van der Waals surface area contributed by atoms with E-state index in [4.69, 9.17) is 0 Å². The number of aliphatic hydroxyl groups excluding tert-OH is 1. The van der Waals surface area contributed by atoms with E-state index in [9.17, 15) is 5.11 Å². The molecule has 0 aromatic carbocycles. The molecule has 0 aromatic heterocycles. The van der Waals surface area contributed by atoms with Gasteiger partial charge in [0, 0.05) is 32.2 Å². The summed E-state index contributed by atoms with van der Waals surface area (Å²) in [7, 11) is 0. The van der Waals surface area contributed by atoms with Crippen molar-refractivity contribution < 1.29 is 5.11 Å². The summed E-state index contributed by atoms with van der Waals surface area (Å²) in [6.45, 7) is 8.56. The van der Waals surface area contributed by atoms with Crippen LogP contribution in [0, 0.1) is 11.8 Å². The van der Waals surface area contributed by atoms with Crippen molar-refractivity contribution in [3.05, 3.63) is 0 Å². The zero-order chi connectivity index (χ0) is 11.5. The number of hydrogen-bond donors (Lipinski definition) is 2. The molecule has 3 atom stereocenters. The van der Waals surface area contributed by atoms with E-state index in [1.807, 2.05) is 0 Å². The Morgan fingerprint density at radius 3 is 2.44 bits per heavy atom. The van der Waals surface area contributed by atoms with Crippen LogP contribution in [0.1, 0.15) is 33.1 Å². The van der Waals surface area contributed by atoms with Gasteiger partial charge in [-0.05, 0) is 31.1 Å². The number of likely N-dealkylation sites (tertiary alicyclic amines) is 1. The molecular weight excluding hydrogens is 200 g/mol. The normalized spacial score (nSPS) is 33.9. The fourth-order valence-corrected chi connectivity index (χ4v) is 2.89. The summed E-state index contributed by atoms with van der Waals surface area (Å²) in [5.41, 5.74) is 0. The van der Waals surface area contributed by atoms with E-state index in [0.717, 1.165) is 38.0 Å². The Morgan fingerprint density at radius 2 is 1.88 bits per heavy atom. The standard InChI is InChI=1S/C13H26N2O/c1-10-5-11(2)8-15(7-10)9-13(16)6-14-12-3-4-12/h10-14,16H,3-9H2,1-2H3/t10-,11-,13-/m1/s1. The maximum Gasteiger partial charge on any atom is 0.0791 e. The van der Waals surface area contributed by atoms with Crippen LogP contribution in [0.4, 0.5) is 0 Å². The van der Waals surface area contributed by atoms with E-state index in [1.54, 1.807) is 0 Å². The average molecular weight is 226 g/mol. The number of rotatable bonds is 5. The molecule has 3 nitrogen and oxygen atoms in total. The Labute approximate surface area is 99.2 Å². The Kier molecular flexibility index (Phi) is 4.22. The summed E-state index contributed by atoms with van der Waals surface area (Å²) < 4.78 is 0. The van der Waals surface area contributed by atoms with Crippen LogP contribution in [0.2, 0.25) is 0 Å². The molecule has 1 aliphatic heterocycles. The highest BCUT2D eigenvalue weighted by Crippen LogP contribution is 2.21. The molecule has 2 rings (SSSR count). The van der Waals surface area contributed by atoms with Crippen molar-refractivity contribution in [2.75, 3.05) is 26.2 Å². The van der Waals surface area contributed by atoms with Crippen LogP contribution in [0.5, 0.6) is 0 Å². The third-order valence-electron chi connectivity index (χ3n) is 3.63. The van der Waals surface area contributed by atoms with E-state index in [0.29, 0.717) is 6.04 Å². The first kappa shape index (κ1) is 12.3. The van der Waals surface area contributed by atoms with E-state index >= 15 is 0 Å². The average Bonchev–Trinajstić information content (AvgIpc) is 2.96. The van der Waals surface area contributed by atoms with Crippen molar-refractivity contribution >= 4 is 0 Å². The van der Waals surface area contributed by atoms with Crippen molar-refractivity contribution in [1.82, 2.24) is 10.2 Å². The lowest BCUT2D eigenvalue weighted by atomic mass is 9.92. The molecule has 3 heteroatoms. The van der Waals surface area contributed by atoms with Gasteiger partial charge in [-0.15, -0.1) is 0 Å². The Morgan fingerprint density at radius 1 is 1.25 bits per heavy atom. The van der Waals surface area contributed by atoms with Gasteiger partial charge < -0.3 is 15.3 Å². The quantitative estimate of drug-likeness (QED) is 0.736. The van der Waals surface area contributed by atoms with Crippen molar-refractivity contribution in [3.63, 3.8) is 0 Å². The third-order valence-corrected chi connectivity index (χ3v) is 3.63. The number of nitrogens with zero attached hydrogens (tertiary/aromatic N) is 1. The number of hydrogen-bond acceptors (Lipinski definition) is 3. The Hall–Kier alpha value is -0.120. The number of nitrogens with one attached hydrogen (secondary N) is 1. The fourth-order valence-electron chi connectivity index (χ4n) is 2.89. The van der Waals surface area contributed by atoms with Gasteiger partial charge in [0.2, 0.25) is 0 Å². The smallest absolute Gasteiger partial charge is 0.0791 e. The van der Waals surface area contributed by atoms with Gasteiger partial charge in [0.05, 0.1) is 6.10 Å². The summed E-state index contributed by atoms with van der Waals surface area (Å²) in [5.74, 6) is 1.57. The Balaban J connectivity index is 1.66. The molecule has 2 N–H and O–H groups in total. The molecule has 2 fully saturated rings. The summed E-state index contributed by atoms with van der Waals surface area (Å²) >= 11 is 0. The molecule has 94 valence electrons. The highest BCUT2D eigenvalue weighted by atomic mass is 16.3. The SMILES string of the molecule is C[C@@H]1C[C@@H](C)CN(C[C@H](O)CNC2CC2)C1. The molecular formula is C13H26N2O. The van der Waals surface area contributed by atoms with Crippen molar-refractivity contribution in [1.29, 1.82) is 0 Å². The zero-order valence-electron chi connectivity index (χ0n) is 10.7. The number of aliphatic hydroxyl groups is 1. The fraction of sp³-hybridized carbons (Fsp3) is 1.00. The van der Waals surface area contributed by atoms with Gasteiger partial charge in [-0.25, -0.2) is 0 Å². The lowest BCUT2D eigenvalue weighted by molar-refractivity contribution is 0.0698. The molecule has 0 unspecified atom stereocenters. The maximum atomic E-state index is 9.95. The van der Waals surface area contributed by atoms with E-state index in [-0.39, 0.29) is 6.10 Å². The van der Waals surface area contributed by atoms with E-state index < -0.39 is 0 Å². The lowest BCUT2D eigenvalue weighted by Gasteiger charge is -2.36. The monoisotopic (exact) mass is 226 g/mol. The minimum absolute atomic E-state index is 0.196. The predicted molar refractivity (Wildman–Crippen MR) is 66.4 cm³/mol. The minimum Gasteiger partial charge on any atom is -0.390 e. The second-order valence-corrected chi connectivity index (χ2v) is 6.00. The topological polar surface area (TPSA) is 35.5 Å². The maximum absolute atomic E-state index is 9.95. The van der Waals surface area contributed by atoms with Gasteiger partial charge in [-0.2, -0.15) is 0 Å². The van der Waals surface area contributed by atoms with Crippen LogP contribution < -0.4 is 5.32 Å². The summed E-state index contributed by atoms with van der Waals surface area (Å²) in [5, 5.41) is 13.3. The van der Waals surface area contributed by atoms with Crippen LogP contribution in [0.25, 0.3) is 0 Å². The molecule has 1 aliphatic carbocycles. The molecule has 0 aromatic rings. The van der Waals surface area contributed by atoms with Crippen LogP contribution in [0.15, 0.2) is 0 Å². The van der Waals surface area contributed by atoms with E-state index in [1.165, 1.54) is 19.3 Å². The number of piperidine rings is 1.